The third-order valence-electron chi connectivity index (χ3n) is 6.13. The molecule has 0 aromatic heterocycles. The van der Waals surface area contributed by atoms with Gasteiger partial charge < -0.3 is 13.8 Å². The standard InChI is InChI=1S/C24H24NO3P/c1-3-7-19-17(5-1)9-11-21-23(19)24-20-8-4-2-6-18(20)10-12-22(24)28-29(27-21)25-13-15-26-16-14-25/h1,3,5-10,12,21H,2,4,11,13-16H2/t21-,29?/m1/s1. The van der Waals surface area contributed by atoms with E-state index in [2.05, 4.69) is 59.3 Å². The summed E-state index contributed by atoms with van der Waals surface area (Å²) in [5.74, 6) is 0.960. The first kappa shape index (κ1) is 17.9. The number of hydrogen-bond donors (Lipinski definition) is 0. The van der Waals surface area contributed by atoms with Crippen LogP contribution >= 0.6 is 8.53 Å². The Balaban J connectivity index is 1.62. The van der Waals surface area contributed by atoms with E-state index in [0.717, 1.165) is 51.3 Å². The second-order valence-corrected chi connectivity index (χ2v) is 9.29. The first-order chi connectivity index (χ1) is 14.4. The maximum atomic E-state index is 6.71. The summed E-state index contributed by atoms with van der Waals surface area (Å²) in [4.78, 5) is 0. The molecule has 1 unspecified atom stereocenters. The number of benzene rings is 2. The van der Waals surface area contributed by atoms with Crippen molar-refractivity contribution in [2.45, 2.75) is 25.4 Å². The largest absolute Gasteiger partial charge is 0.435 e. The molecule has 1 saturated heterocycles. The zero-order valence-corrected chi connectivity index (χ0v) is 17.2. The molecule has 0 saturated carbocycles. The van der Waals surface area contributed by atoms with Crippen LogP contribution in [0.15, 0.2) is 36.4 Å². The molecule has 0 N–H and O–H groups in total. The minimum Gasteiger partial charge on any atom is -0.435 e. The molecule has 2 aliphatic carbocycles. The Morgan fingerprint density at radius 2 is 1.76 bits per heavy atom. The van der Waals surface area contributed by atoms with Crippen LogP contribution in [0.1, 0.15) is 24.8 Å². The molecular weight excluding hydrogens is 381 g/mol. The van der Waals surface area contributed by atoms with Crippen LogP contribution in [0.4, 0.5) is 0 Å². The molecular formula is C24H24NO3P. The zero-order valence-electron chi connectivity index (χ0n) is 16.3. The summed E-state index contributed by atoms with van der Waals surface area (Å²) in [6.45, 7) is 3.19. The van der Waals surface area contributed by atoms with E-state index in [-0.39, 0.29) is 6.10 Å². The predicted molar refractivity (Wildman–Crippen MR) is 116 cm³/mol. The maximum Gasteiger partial charge on any atom is 0.321 e. The van der Waals surface area contributed by atoms with Crippen molar-refractivity contribution in [2.75, 3.05) is 26.3 Å². The number of nitrogens with zero attached hydrogens (tertiary/aromatic N) is 1. The lowest BCUT2D eigenvalue weighted by Gasteiger charge is -2.32. The Kier molecular flexibility index (Phi) is 4.54. The van der Waals surface area contributed by atoms with E-state index in [1.165, 1.54) is 32.0 Å². The van der Waals surface area contributed by atoms with Gasteiger partial charge in [0.1, 0.15) is 5.75 Å². The topological polar surface area (TPSA) is 30.9 Å². The van der Waals surface area contributed by atoms with Crippen molar-refractivity contribution in [3.63, 3.8) is 0 Å². The molecule has 2 aliphatic heterocycles. The van der Waals surface area contributed by atoms with Crippen molar-refractivity contribution in [3.05, 3.63) is 62.8 Å². The fraction of sp³-hybridized carbons (Fsp3) is 0.333. The van der Waals surface area contributed by atoms with Gasteiger partial charge in [-0.2, -0.15) is 0 Å². The number of hydrogen-bond acceptors (Lipinski definition) is 4. The average Bonchev–Trinajstić information content (AvgIpc) is 2.97. The summed E-state index contributed by atoms with van der Waals surface area (Å²) < 4.78 is 21.2. The maximum absolute atomic E-state index is 6.71. The summed E-state index contributed by atoms with van der Waals surface area (Å²) in [6, 6.07) is 13.0. The molecule has 0 amide bonds. The van der Waals surface area contributed by atoms with Crippen LogP contribution in [0.5, 0.6) is 5.75 Å². The highest BCUT2D eigenvalue weighted by Gasteiger charge is 2.36. The highest BCUT2D eigenvalue weighted by atomic mass is 31.2. The van der Waals surface area contributed by atoms with Gasteiger partial charge in [0, 0.05) is 24.2 Å². The molecule has 5 heteroatoms. The van der Waals surface area contributed by atoms with Gasteiger partial charge in [0.15, 0.2) is 0 Å². The summed E-state index contributed by atoms with van der Waals surface area (Å²) in [5.41, 5.74) is 2.53. The highest BCUT2D eigenvalue weighted by molar-refractivity contribution is 7.45. The van der Waals surface area contributed by atoms with E-state index >= 15 is 0 Å². The summed E-state index contributed by atoms with van der Waals surface area (Å²) in [6.07, 6.45) is 10.1. The molecule has 0 spiro atoms. The smallest absolute Gasteiger partial charge is 0.321 e. The van der Waals surface area contributed by atoms with Crippen molar-refractivity contribution >= 4 is 32.3 Å². The molecule has 6 rings (SSSR count). The summed E-state index contributed by atoms with van der Waals surface area (Å²) >= 11 is 0. The SMILES string of the molecule is C1=c2ccccc2=C2c3c(ccc4c3=CCCC=4)OP(N3CCOCC3)O[C@@H]2C1. The van der Waals surface area contributed by atoms with E-state index < -0.39 is 8.53 Å². The van der Waals surface area contributed by atoms with E-state index in [4.69, 9.17) is 13.8 Å². The second kappa shape index (κ2) is 7.37. The van der Waals surface area contributed by atoms with Gasteiger partial charge in [-0.3, -0.25) is 0 Å². The normalized spacial score (nSPS) is 25.6. The molecule has 4 aliphatic rings. The van der Waals surface area contributed by atoms with Crippen LogP contribution in [0.3, 0.4) is 0 Å². The Morgan fingerprint density at radius 1 is 0.897 bits per heavy atom. The van der Waals surface area contributed by atoms with Crippen LogP contribution in [0, 0.1) is 0 Å². The van der Waals surface area contributed by atoms with Crippen LogP contribution in [0.25, 0.3) is 23.8 Å². The Morgan fingerprint density at radius 3 is 2.69 bits per heavy atom. The first-order valence-electron chi connectivity index (χ1n) is 10.5. The average molecular weight is 405 g/mol. The van der Waals surface area contributed by atoms with Gasteiger partial charge in [-0.05, 0) is 46.2 Å². The molecule has 0 bridgehead atoms. The van der Waals surface area contributed by atoms with E-state index in [1.54, 1.807) is 0 Å². The first-order valence-corrected chi connectivity index (χ1v) is 11.6. The van der Waals surface area contributed by atoms with E-state index in [1.807, 2.05) is 0 Å². The van der Waals surface area contributed by atoms with Crippen LogP contribution in [-0.2, 0) is 9.26 Å². The van der Waals surface area contributed by atoms with Gasteiger partial charge >= 0.3 is 8.53 Å². The summed E-state index contributed by atoms with van der Waals surface area (Å²) in [7, 11) is -1.16. The second-order valence-electron chi connectivity index (χ2n) is 7.86. The monoisotopic (exact) mass is 405 g/mol. The van der Waals surface area contributed by atoms with Crippen molar-refractivity contribution < 1.29 is 13.8 Å². The lowest BCUT2D eigenvalue weighted by molar-refractivity contribution is 0.0636. The third-order valence-corrected chi connectivity index (χ3v) is 7.78. The molecule has 4 nitrogen and oxygen atoms in total. The Bertz CT molecular complexity index is 1200. The van der Waals surface area contributed by atoms with Crippen molar-refractivity contribution in [1.82, 2.24) is 4.67 Å². The van der Waals surface area contributed by atoms with E-state index in [0.29, 0.717) is 0 Å². The minimum atomic E-state index is -1.16. The number of fused-ring (bicyclic) bond motifs is 6. The predicted octanol–water partition coefficient (Wildman–Crippen LogP) is 1.76. The molecule has 1 fully saturated rings. The molecule has 2 heterocycles. The molecule has 29 heavy (non-hydrogen) atoms. The number of ether oxygens (including phenoxy) is 1. The molecule has 0 radical (unpaired) electrons. The van der Waals surface area contributed by atoms with Crippen molar-refractivity contribution in [1.29, 1.82) is 0 Å². The van der Waals surface area contributed by atoms with Gasteiger partial charge in [-0.25, -0.2) is 4.67 Å². The van der Waals surface area contributed by atoms with Gasteiger partial charge in [0.05, 0.1) is 19.3 Å². The quantitative estimate of drug-likeness (QED) is 0.677. The van der Waals surface area contributed by atoms with Crippen LogP contribution in [0.2, 0.25) is 0 Å². The van der Waals surface area contributed by atoms with Gasteiger partial charge in [-0.1, -0.05) is 48.6 Å². The molecule has 2 atom stereocenters. The Hall–Kier alpha value is -1.97. The van der Waals surface area contributed by atoms with Gasteiger partial charge in [-0.15, -0.1) is 0 Å². The molecule has 148 valence electrons. The van der Waals surface area contributed by atoms with Gasteiger partial charge in [0.25, 0.3) is 0 Å². The zero-order chi connectivity index (χ0) is 19.2. The lowest BCUT2D eigenvalue weighted by atomic mass is 9.88. The van der Waals surface area contributed by atoms with Crippen LogP contribution in [-0.4, -0.2) is 37.1 Å². The number of morpholine rings is 1. The molecule has 2 aromatic carbocycles. The molecule has 2 aromatic rings. The lowest BCUT2D eigenvalue weighted by Crippen LogP contribution is -2.40. The van der Waals surface area contributed by atoms with Gasteiger partial charge in [0.2, 0.25) is 0 Å². The number of rotatable bonds is 1. The van der Waals surface area contributed by atoms with E-state index in [9.17, 15) is 0 Å². The highest BCUT2D eigenvalue weighted by Crippen LogP contribution is 2.50. The van der Waals surface area contributed by atoms with Crippen molar-refractivity contribution in [2.24, 2.45) is 0 Å². The fourth-order valence-electron chi connectivity index (χ4n) is 4.73. The third kappa shape index (κ3) is 3.06. The summed E-state index contributed by atoms with van der Waals surface area (Å²) in [5, 5.41) is 5.20. The fourth-order valence-corrected chi connectivity index (χ4v) is 6.24. The Labute approximate surface area is 171 Å². The minimum absolute atomic E-state index is 0.0157. The van der Waals surface area contributed by atoms with Crippen LogP contribution < -0.4 is 25.4 Å². The van der Waals surface area contributed by atoms with Crippen molar-refractivity contribution in [3.8, 4) is 5.75 Å².